The number of piperidine rings is 1. The zero-order valence-electron chi connectivity index (χ0n) is 22.1. The molecule has 188 valence electrons. The highest BCUT2D eigenvalue weighted by Crippen LogP contribution is 2.73. The molecule has 2 saturated carbocycles. The van der Waals surface area contributed by atoms with Crippen molar-refractivity contribution in [2.45, 2.75) is 102 Å². The first-order valence-corrected chi connectivity index (χ1v) is 13.3. The monoisotopic (exact) mass is 469 g/mol. The molecule has 1 saturated heterocycles. The Hall–Kier alpha value is -1.30. The lowest BCUT2D eigenvalue weighted by Crippen LogP contribution is -2.81. The van der Waals surface area contributed by atoms with Gasteiger partial charge in [-0.3, -0.25) is 4.90 Å². The van der Waals surface area contributed by atoms with Crippen LogP contribution in [0.2, 0.25) is 0 Å². The van der Waals surface area contributed by atoms with Gasteiger partial charge in [0.05, 0.1) is 17.1 Å². The summed E-state index contributed by atoms with van der Waals surface area (Å²) >= 11 is 0. The topological polar surface area (TPSA) is 62.2 Å². The van der Waals surface area contributed by atoms with Crippen molar-refractivity contribution in [3.8, 4) is 11.5 Å². The SMILES string of the molecule is COC1(C)C[C@]23CCN(CC4CC4)[C@@H]4Cc5ccc(O)c(c52)OC([C@@H]1[C@](C)(O)C(C)(C)C)[C@]43C. The van der Waals surface area contributed by atoms with Crippen molar-refractivity contribution in [3.63, 3.8) is 0 Å². The van der Waals surface area contributed by atoms with Gasteiger partial charge in [0.25, 0.3) is 0 Å². The van der Waals surface area contributed by atoms with E-state index in [1.165, 1.54) is 30.5 Å². The predicted octanol–water partition coefficient (Wildman–Crippen LogP) is 4.66. The number of phenols is 1. The first kappa shape index (κ1) is 23.1. The molecule has 2 N–H and O–H groups in total. The highest BCUT2D eigenvalue weighted by atomic mass is 16.5. The Labute approximate surface area is 204 Å². The second-order valence-corrected chi connectivity index (χ2v) is 13.8. The van der Waals surface area contributed by atoms with Crippen molar-refractivity contribution in [2.24, 2.45) is 22.7 Å². The molecule has 5 heteroatoms. The normalized spacial score (nSPS) is 42.6. The third-order valence-electron chi connectivity index (χ3n) is 11.3. The van der Waals surface area contributed by atoms with Crippen LogP contribution in [0.5, 0.6) is 11.5 Å². The van der Waals surface area contributed by atoms with E-state index in [-0.39, 0.29) is 34.0 Å². The van der Waals surface area contributed by atoms with Crippen LogP contribution in [-0.4, -0.2) is 58.7 Å². The number of hydrogen-bond acceptors (Lipinski definition) is 5. The second-order valence-electron chi connectivity index (χ2n) is 13.8. The summed E-state index contributed by atoms with van der Waals surface area (Å²) in [7, 11) is 1.80. The Kier molecular flexibility index (Phi) is 4.57. The fourth-order valence-electron chi connectivity index (χ4n) is 8.76. The van der Waals surface area contributed by atoms with Gasteiger partial charge in [0, 0.05) is 36.1 Å². The van der Waals surface area contributed by atoms with Crippen LogP contribution in [0.3, 0.4) is 0 Å². The van der Waals surface area contributed by atoms with E-state index in [1.54, 1.807) is 7.11 Å². The number of aliphatic hydroxyl groups is 1. The maximum Gasteiger partial charge on any atom is 0.165 e. The first-order chi connectivity index (χ1) is 15.8. The Morgan fingerprint density at radius 3 is 2.50 bits per heavy atom. The Bertz CT molecular complexity index is 1030. The molecule has 3 aliphatic carbocycles. The Morgan fingerprint density at radius 1 is 1.18 bits per heavy atom. The van der Waals surface area contributed by atoms with Gasteiger partial charge in [-0.1, -0.05) is 33.8 Å². The fourth-order valence-corrected chi connectivity index (χ4v) is 8.76. The van der Waals surface area contributed by atoms with Gasteiger partial charge in [0.1, 0.15) is 6.10 Å². The van der Waals surface area contributed by atoms with Gasteiger partial charge in [-0.2, -0.15) is 0 Å². The number of benzene rings is 1. The minimum atomic E-state index is -1.04. The molecule has 2 heterocycles. The van der Waals surface area contributed by atoms with Crippen LogP contribution in [0, 0.1) is 22.7 Å². The quantitative estimate of drug-likeness (QED) is 0.672. The zero-order valence-corrected chi connectivity index (χ0v) is 22.1. The average Bonchev–Trinajstić information content (AvgIpc) is 3.54. The summed E-state index contributed by atoms with van der Waals surface area (Å²) in [5.41, 5.74) is 0.277. The summed E-state index contributed by atoms with van der Waals surface area (Å²) in [5, 5.41) is 23.3. The van der Waals surface area contributed by atoms with Crippen LogP contribution in [0.25, 0.3) is 0 Å². The molecular formula is C29H43NO4. The molecule has 5 aliphatic rings. The summed E-state index contributed by atoms with van der Waals surface area (Å²) in [4.78, 5) is 2.76. The summed E-state index contributed by atoms with van der Waals surface area (Å²) in [6, 6.07) is 4.31. The van der Waals surface area contributed by atoms with Crippen molar-refractivity contribution >= 4 is 0 Å². The number of methoxy groups -OCH3 is 1. The minimum Gasteiger partial charge on any atom is -0.504 e. The van der Waals surface area contributed by atoms with Crippen LogP contribution in [0.15, 0.2) is 12.1 Å². The van der Waals surface area contributed by atoms with Crippen molar-refractivity contribution < 1.29 is 19.7 Å². The molecule has 0 spiro atoms. The van der Waals surface area contributed by atoms with Gasteiger partial charge in [-0.05, 0) is 75.5 Å². The lowest BCUT2D eigenvalue weighted by Gasteiger charge is -2.74. The number of rotatable bonds is 4. The number of likely N-dealkylation sites (tertiary alicyclic amines) is 1. The minimum absolute atomic E-state index is 0.141. The van der Waals surface area contributed by atoms with E-state index < -0.39 is 11.2 Å². The summed E-state index contributed by atoms with van der Waals surface area (Å²) < 4.78 is 13.3. The maximum atomic E-state index is 12.3. The first-order valence-electron chi connectivity index (χ1n) is 13.3. The maximum absolute atomic E-state index is 12.3. The van der Waals surface area contributed by atoms with E-state index in [9.17, 15) is 10.2 Å². The van der Waals surface area contributed by atoms with Crippen LogP contribution in [0.4, 0.5) is 0 Å². The van der Waals surface area contributed by atoms with Gasteiger partial charge in [0.15, 0.2) is 11.5 Å². The van der Waals surface area contributed by atoms with Crippen LogP contribution in [0.1, 0.15) is 78.4 Å². The lowest BCUT2D eigenvalue weighted by atomic mass is 9.37. The molecule has 3 fully saturated rings. The molecule has 6 rings (SSSR count). The third kappa shape index (κ3) is 2.62. The number of ether oxygens (including phenoxy) is 2. The Balaban J connectivity index is 1.62. The van der Waals surface area contributed by atoms with E-state index in [0.717, 1.165) is 31.7 Å². The van der Waals surface area contributed by atoms with Crippen LogP contribution < -0.4 is 4.74 Å². The molecule has 0 amide bonds. The molecule has 0 aromatic heterocycles. The second kappa shape index (κ2) is 6.72. The van der Waals surface area contributed by atoms with Crippen molar-refractivity contribution in [2.75, 3.05) is 20.2 Å². The summed E-state index contributed by atoms with van der Waals surface area (Å²) in [6.07, 6.45) is 5.30. The fraction of sp³-hybridized carbons (Fsp3) is 0.793. The summed E-state index contributed by atoms with van der Waals surface area (Å²) in [5.74, 6) is 1.48. The van der Waals surface area contributed by atoms with Gasteiger partial charge < -0.3 is 19.7 Å². The molecular weight excluding hydrogens is 426 g/mol. The zero-order chi connectivity index (χ0) is 24.5. The van der Waals surface area contributed by atoms with Crippen molar-refractivity contribution in [3.05, 3.63) is 23.3 Å². The smallest absolute Gasteiger partial charge is 0.165 e. The standard InChI is InChI=1S/C29H43NO4/c1-25(2,3)28(6,32)23-24-27(5)20-14-18-10-11-19(31)22(34-24)21(18)29(27,16-26(23,4)33-7)12-13-30(20)15-17-8-9-17/h10-11,17,20,23-24,31-32H,8-9,12-16H2,1-7H3/t20-,23+,24?,26?,27+,28+,29-/m1/s1. The average molecular weight is 470 g/mol. The molecule has 1 aromatic carbocycles. The Morgan fingerprint density at radius 2 is 1.88 bits per heavy atom. The van der Waals surface area contributed by atoms with Gasteiger partial charge >= 0.3 is 0 Å². The van der Waals surface area contributed by atoms with E-state index in [1.807, 2.05) is 13.0 Å². The van der Waals surface area contributed by atoms with E-state index in [2.05, 4.69) is 45.6 Å². The van der Waals surface area contributed by atoms with Crippen molar-refractivity contribution in [1.29, 1.82) is 0 Å². The van der Waals surface area contributed by atoms with Crippen molar-refractivity contribution in [1.82, 2.24) is 4.90 Å². The molecule has 1 aromatic rings. The highest BCUT2D eigenvalue weighted by molar-refractivity contribution is 5.61. The molecule has 2 unspecified atom stereocenters. The number of phenolic OH excluding ortho intramolecular Hbond substituents is 1. The number of nitrogens with zero attached hydrogens (tertiary/aromatic N) is 1. The predicted molar refractivity (Wildman–Crippen MR) is 132 cm³/mol. The molecule has 5 nitrogen and oxygen atoms in total. The molecule has 5 bridgehead atoms. The largest absolute Gasteiger partial charge is 0.504 e. The molecule has 7 atom stereocenters. The van der Waals surface area contributed by atoms with Gasteiger partial charge in [-0.25, -0.2) is 0 Å². The number of aromatic hydroxyl groups is 1. The number of hydrogen-bond donors (Lipinski definition) is 2. The highest BCUT2D eigenvalue weighted by Gasteiger charge is 2.77. The van der Waals surface area contributed by atoms with Gasteiger partial charge in [0.2, 0.25) is 0 Å². The molecule has 34 heavy (non-hydrogen) atoms. The van der Waals surface area contributed by atoms with E-state index in [0.29, 0.717) is 11.8 Å². The van der Waals surface area contributed by atoms with Crippen LogP contribution >= 0.6 is 0 Å². The summed E-state index contributed by atoms with van der Waals surface area (Å²) in [6.45, 7) is 15.2. The van der Waals surface area contributed by atoms with E-state index in [4.69, 9.17) is 9.47 Å². The molecule has 0 radical (unpaired) electrons. The third-order valence-corrected chi connectivity index (χ3v) is 11.3. The van der Waals surface area contributed by atoms with Crippen LogP contribution in [-0.2, 0) is 16.6 Å². The van der Waals surface area contributed by atoms with Gasteiger partial charge in [-0.15, -0.1) is 0 Å². The van der Waals surface area contributed by atoms with E-state index >= 15 is 0 Å². The molecule has 2 aliphatic heterocycles. The lowest BCUT2D eigenvalue weighted by molar-refractivity contribution is -0.288.